The Labute approximate surface area is 115 Å². The summed E-state index contributed by atoms with van der Waals surface area (Å²) in [5.41, 5.74) is 7.15. The highest BCUT2D eigenvalue weighted by Gasteiger charge is 2.06. The van der Waals surface area contributed by atoms with Crippen LogP contribution < -0.4 is 5.73 Å². The van der Waals surface area contributed by atoms with Crippen LogP contribution in [0.3, 0.4) is 0 Å². The Balaban J connectivity index is 0.000000218. The minimum atomic E-state index is -0.870. The van der Waals surface area contributed by atoms with Crippen LogP contribution in [0.5, 0.6) is 0 Å². The molecule has 3 N–H and O–H groups in total. The normalized spacial score (nSPS) is 15.8. The van der Waals surface area contributed by atoms with Gasteiger partial charge in [0.1, 0.15) is 0 Å². The standard InChI is InChI=1S/C10H12O2.C6H13N/c1-7(2)8-3-5-9(6-4-8)10(11)12;7-6-4-2-1-3-5-6/h3-7H,1-2H3,(H,11,12);6H,1-5,7H2. The zero-order chi connectivity index (χ0) is 14.3. The lowest BCUT2D eigenvalue weighted by molar-refractivity contribution is 0.0697. The fourth-order valence-corrected chi connectivity index (χ4v) is 2.14. The van der Waals surface area contributed by atoms with Crippen LogP contribution in [-0.4, -0.2) is 17.1 Å². The lowest BCUT2D eigenvalue weighted by Gasteiger charge is -2.15. The van der Waals surface area contributed by atoms with Gasteiger partial charge in [0.05, 0.1) is 5.56 Å². The maximum atomic E-state index is 10.5. The van der Waals surface area contributed by atoms with E-state index in [1.54, 1.807) is 12.1 Å². The van der Waals surface area contributed by atoms with Crippen LogP contribution in [0.25, 0.3) is 0 Å². The SMILES string of the molecule is CC(C)c1ccc(C(=O)O)cc1.NC1CCCCC1. The smallest absolute Gasteiger partial charge is 0.335 e. The average molecular weight is 263 g/mol. The number of nitrogens with two attached hydrogens (primary N) is 1. The second-order valence-corrected chi connectivity index (χ2v) is 5.48. The summed E-state index contributed by atoms with van der Waals surface area (Å²) >= 11 is 0. The van der Waals surface area contributed by atoms with Gasteiger partial charge < -0.3 is 10.8 Å². The quantitative estimate of drug-likeness (QED) is 0.853. The Kier molecular flexibility index (Phi) is 6.57. The Morgan fingerprint density at radius 1 is 1.16 bits per heavy atom. The molecule has 0 bridgehead atoms. The van der Waals surface area contributed by atoms with Gasteiger partial charge in [-0.2, -0.15) is 0 Å². The molecule has 3 heteroatoms. The molecule has 1 aromatic carbocycles. The third-order valence-corrected chi connectivity index (χ3v) is 3.47. The highest BCUT2D eigenvalue weighted by atomic mass is 16.4. The molecule has 0 radical (unpaired) electrons. The highest BCUT2D eigenvalue weighted by Crippen LogP contribution is 2.15. The Bertz CT molecular complexity index is 378. The molecule has 0 aliphatic heterocycles. The van der Waals surface area contributed by atoms with Crippen LogP contribution in [0.2, 0.25) is 0 Å². The molecule has 106 valence electrons. The summed E-state index contributed by atoms with van der Waals surface area (Å²) in [7, 11) is 0. The first-order chi connectivity index (χ1) is 9.00. The molecule has 3 nitrogen and oxygen atoms in total. The minimum Gasteiger partial charge on any atom is -0.478 e. The number of benzene rings is 1. The van der Waals surface area contributed by atoms with Crippen molar-refractivity contribution in [2.24, 2.45) is 5.73 Å². The molecule has 0 unspecified atom stereocenters. The van der Waals surface area contributed by atoms with Crippen molar-refractivity contribution in [3.05, 3.63) is 35.4 Å². The molecular weight excluding hydrogens is 238 g/mol. The maximum absolute atomic E-state index is 10.5. The van der Waals surface area contributed by atoms with E-state index in [1.807, 2.05) is 12.1 Å². The zero-order valence-electron chi connectivity index (χ0n) is 11.9. The number of carboxylic acid groups (broad SMARTS) is 1. The first kappa shape index (κ1) is 15.7. The molecule has 0 atom stereocenters. The van der Waals surface area contributed by atoms with Gasteiger partial charge in [0.15, 0.2) is 0 Å². The summed E-state index contributed by atoms with van der Waals surface area (Å²) in [6.45, 7) is 4.16. The molecule has 0 aromatic heterocycles. The number of aromatic carboxylic acids is 1. The van der Waals surface area contributed by atoms with Gasteiger partial charge in [-0.1, -0.05) is 45.2 Å². The van der Waals surface area contributed by atoms with Gasteiger partial charge in [0, 0.05) is 6.04 Å². The second-order valence-electron chi connectivity index (χ2n) is 5.48. The summed E-state index contributed by atoms with van der Waals surface area (Å²) < 4.78 is 0. The number of rotatable bonds is 2. The van der Waals surface area contributed by atoms with E-state index in [1.165, 1.54) is 37.7 Å². The lowest BCUT2D eigenvalue weighted by Crippen LogP contribution is -2.22. The molecule has 2 rings (SSSR count). The van der Waals surface area contributed by atoms with Crippen LogP contribution in [-0.2, 0) is 0 Å². The summed E-state index contributed by atoms with van der Waals surface area (Å²) in [6, 6.07) is 7.52. The van der Waals surface area contributed by atoms with Crippen molar-refractivity contribution >= 4 is 5.97 Å². The average Bonchev–Trinajstić information content (AvgIpc) is 2.40. The summed E-state index contributed by atoms with van der Waals surface area (Å²) in [5, 5.41) is 8.61. The van der Waals surface area contributed by atoms with Gasteiger partial charge in [0.2, 0.25) is 0 Å². The predicted molar refractivity (Wildman–Crippen MR) is 78.6 cm³/mol. The van der Waals surface area contributed by atoms with Crippen LogP contribution in [0.4, 0.5) is 0 Å². The van der Waals surface area contributed by atoms with E-state index in [0.717, 1.165) is 0 Å². The second kappa shape index (κ2) is 7.95. The van der Waals surface area contributed by atoms with E-state index in [4.69, 9.17) is 10.8 Å². The van der Waals surface area contributed by atoms with Crippen LogP contribution in [0.15, 0.2) is 24.3 Å². The molecule has 19 heavy (non-hydrogen) atoms. The van der Waals surface area contributed by atoms with Gasteiger partial charge in [-0.05, 0) is 36.5 Å². The lowest BCUT2D eigenvalue weighted by atomic mass is 9.97. The Morgan fingerprint density at radius 2 is 1.68 bits per heavy atom. The zero-order valence-corrected chi connectivity index (χ0v) is 11.9. The fraction of sp³-hybridized carbons (Fsp3) is 0.562. The molecular formula is C16H25NO2. The van der Waals surface area contributed by atoms with Crippen molar-refractivity contribution in [1.82, 2.24) is 0 Å². The Morgan fingerprint density at radius 3 is 2.00 bits per heavy atom. The number of hydrogen-bond donors (Lipinski definition) is 2. The van der Waals surface area contributed by atoms with E-state index in [0.29, 0.717) is 17.5 Å². The third-order valence-electron chi connectivity index (χ3n) is 3.47. The highest BCUT2D eigenvalue weighted by molar-refractivity contribution is 5.87. The number of carbonyl (C=O) groups is 1. The van der Waals surface area contributed by atoms with Gasteiger partial charge in [-0.15, -0.1) is 0 Å². The fourth-order valence-electron chi connectivity index (χ4n) is 2.14. The molecule has 1 fully saturated rings. The van der Waals surface area contributed by atoms with Gasteiger partial charge in [-0.25, -0.2) is 4.79 Å². The number of hydrogen-bond acceptors (Lipinski definition) is 2. The van der Waals surface area contributed by atoms with Gasteiger partial charge >= 0.3 is 5.97 Å². The minimum absolute atomic E-state index is 0.347. The largest absolute Gasteiger partial charge is 0.478 e. The molecule has 0 spiro atoms. The van der Waals surface area contributed by atoms with Crippen molar-refractivity contribution < 1.29 is 9.90 Å². The van der Waals surface area contributed by atoms with Crippen LogP contribution in [0, 0.1) is 0 Å². The maximum Gasteiger partial charge on any atom is 0.335 e. The van der Waals surface area contributed by atoms with Crippen molar-refractivity contribution in [3.63, 3.8) is 0 Å². The van der Waals surface area contributed by atoms with Crippen molar-refractivity contribution in [1.29, 1.82) is 0 Å². The molecule has 0 amide bonds. The third kappa shape index (κ3) is 5.88. The van der Waals surface area contributed by atoms with Gasteiger partial charge in [0.25, 0.3) is 0 Å². The molecule has 1 saturated carbocycles. The van der Waals surface area contributed by atoms with Crippen LogP contribution >= 0.6 is 0 Å². The monoisotopic (exact) mass is 263 g/mol. The first-order valence-corrected chi connectivity index (χ1v) is 7.09. The predicted octanol–water partition coefficient (Wildman–Crippen LogP) is 3.79. The molecule has 0 saturated heterocycles. The van der Waals surface area contributed by atoms with E-state index in [2.05, 4.69) is 13.8 Å². The summed E-state index contributed by atoms with van der Waals surface area (Å²) in [4.78, 5) is 10.5. The van der Waals surface area contributed by atoms with E-state index >= 15 is 0 Å². The summed E-state index contributed by atoms with van der Waals surface area (Å²) in [5.74, 6) is -0.418. The van der Waals surface area contributed by atoms with Crippen LogP contribution in [0.1, 0.15) is 67.8 Å². The number of carboxylic acids is 1. The first-order valence-electron chi connectivity index (χ1n) is 7.09. The molecule has 1 aliphatic rings. The van der Waals surface area contributed by atoms with E-state index < -0.39 is 5.97 Å². The van der Waals surface area contributed by atoms with Crippen molar-refractivity contribution in [2.45, 2.75) is 57.9 Å². The molecule has 0 heterocycles. The summed E-state index contributed by atoms with van der Waals surface area (Å²) in [6.07, 6.45) is 6.66. The Hall–Kier alpha value is -1.35. The van der Waals surface area contributed by atoms with Crippen molar-refractivity contribution in [2.75, 3.05) is 0 Å². The van der Waals surface area contributed by atoms with Gasteiger partial charge in [-0.3, -0.25) is 0 Å². The molecule has 1 aliphatic carbocycles. The van der Waals surface area contributed by atoms with Crippen molar-refractivity contribution in [3.8, 4) is 0 Å². The van der Waals surface area contributed by atoms with E-state index in [-0.39, 0.29) is 0 Å². The molecule has 1 aromatic rings. The topological polar surface area (TPSA) is 63.3 Å². The van der Waals surface area contributed by atoms with E-state index in [9.17, 15) is 4.79 Å².